The lowest BCUT2D eigenvalue weighted by Crippen LogP contribution is -2.46. The molecule has 7 nitrogen and oxygen atoms in total. The van der Waals surface area contributed by atoms with Gasteiger partial charge in [-0.05, 0) is 70.8 Å². The van der Waals surface area contributed by atoms with Gasteiger partial charge in [0.1, 0.15) is 11.4 Å². The third-order valence-corrected chi connectivity index (χ3v) is 6.74. The number of nitrogen functional groups attached to an aromatic ring is 1. The quantitative estimate of drug-likeness (QED) is 0.717. The van der Waals surface area contributed by atoms with Crippen LogP contribution in [0.1, 0.15) is 65.3 Å². The van der Waals surface area contributed by atoms with Gasteiger partial charge >= 0.3 is 6.09 Å². The molecule has 0 bridgehead atoms. The minimum atomic E-state index is -0.438. The largest absolute Gasteiger partial charge is 0.495 e. The van der Waals surface area contributed by atoms with Gasteiger partial charge in [0, 0.05) is 30.7 Å². The summed E-state index contributed by atoms with van der Waals surface area (Å²) in [6.07, 6.45) is 8.66. The number of carbonyl (C=O) groups excluding carboxylic acids is 1. The fourth-order valence-electron chi connectivity index (χ4n) is 4.92. The molecule has 1 spiro atoms. The van der Waals surface area contributed by atoms with Gasteiger partial charge < -0.3 is 20.1 Å². The van der Waals surface area contributed by atoms with Gasteiger partial charge in [0.15, 0.2) is 0 Å². The number of piperidine rings is 1. The lowest BCUT2D eigenvalue weighted by atomic mass is 9.67. The summed E-state index contributed by atoms with van der Waals surface area (Å²) in [5.41, 5.74) is 7.53. The van der Waals surface area contributed by atoms with Crippen LogP contribution < -0.4 is 10.5 Å². The zero-order valence-electron chi connectivity index (χ0n) is 18.6. The van der Waals surface area contributed by atoms with Crippen molar-refractivity contribution in [3.05, 3.63) is 18.3 Å². The topological polar surface area (TPSA) is 82.6 Å². The van der Waals surface area contributed by atoms with Crippen molar-refractivity contribution in [1.82, 2.24) is 14.7 Å². The van der Waals surface area contributed by atoms with E-state index in [1.807, 2.05) is 37.8 Å². The van der Waals surface area contributed by atoms with E-state index < -0.39 is 5.60 Å². The second-order valence-corrected chi connectivity index (χ2v) is 9.96. The van der Waals surface area contributed by atoms with Crippen LogP contribution in [0, 0.1) is 5.41 Å². The standard InChI is InChI=1S/C23H34N4O3/c1-22(2,3)30-21(28)26-11-9-23(10-12-26)7-5-17(6-8-23)27-15-16-13-18(24)20(29-4)14-19(16)25-27/h13-15,17H,5-12,24H2,1-4H3. The zero-order chi connectivity index (χ0) is 21.5. The summed E-state index contributed by atoms with van der Waals surface area (Å²) in [4.78, 5) is 14.2. The average molecular weight is 415 g/mol. The maximum atomic E-state index is 12.4. The monoisotopic (exact) mass is 414 g/mol. The summed E-state index contributed by atoms with van der Waals surface area (Å²) in [6.45, 7) is 7.34. The molecule has 2 aliphatic rings. The van der Waals surface area contributed by atoms with E-state index in [1.165, 1.54) is 12.8 Å². The number of hydrogen-bond acceptors (Lipinski definition) is 5. The van der Waals surface area contributed by atoms with Crippen LogP contribution in [-0.4, -0.2) is 46.6 Å². The number of methoxy groups -OCH3 is 1. The molecule has 0 unspecified atom stereocenters. The van der Waals surface area contributed by atoms with Crippen molar-refractivity contribution in [2.45, 2.75) is 70.9 Å². The maximum Gasteiger partial charge on any atom is 0.410 e. The second kappa shape index (κ2) is 7.67. The summed E-state index contributed by atoms with van der Waals surface area (Å²) in [5.74, 6) is 0.673. The van der Waals surface area contributed by atoms with Crippen LogP contribution in [0.3, 0.4) is 0 Å². The van der Waals surface area contributed by atoms with Gasteiger partial charge in [0.05, 0.1) is 24.4 Å². The molecular formula is C23H34N4O3. The van der Waals surface area contributed by atoms with Crippen molar-refractivity contribution >= 4 is 22.7 Å². The Morgan fingerprint density at radius 3 is 2.43 bits per heavy atom. The number of likely N-dealkylation sites (tertiary alicyclic amines) is 1. The summed E-state index contributed by atoms with van der Waals surface area (Å²) in [6, 6.07) is 4.27. The number of amides is 1. The fourth-order valence-corrected chi connectivity index (χ4v) is 4.92. The summed E-state index contributed by atoms with van der Waals surface area (Å²) >= 11 is 0. The van der Waals surface area contributed by atoms with E-state index in [2.05, 4.69) is 10.9 Å². The molecule has 1 aliphatic carbocycles. The fraction of sp³-hybridized carbons (Fsp3) is 0.652. The van der Waals surface area contributed by atoms with Crippen molar-refractivity contribution < 1.29 is 14.3 Å². The third kappa shape index (κ3) is 4.20. The highest BCUT2D eigenvalue weighted by atomic mass is 16.6. The van der Waals surface area contributed by atoms with E-state index in [0.29, 0.717) is 22.9 Å². The van der Waals surface area contributed by atoms with E-state index in [4.69, 9.17) is 20.3 Å². The van der Waals surface area contributed by atoms with Crippen molar-refractivity contribution in [2.75, 3.05) is 25.9 Å². The highest BCUT2D eigenvalue weighted by Crippen LogP contribution is 2.47. The first-order valence-electron chi connectivity index (χ1n) is 11.0. The number of nitrogens with zero attached hydrogens (tertiary/aromatic N) is 3. The summed E-state index contributed by atoms with van der Waals surface area (Å²) < 4.78 is 13.0. The van der Waals surface area contributed by atoms with Crippen molar-refractivity contribution in [2.24, 2.45) is 5.41 Å². The number of ether oxygens (including phenoxy) is 2. The first-order valence-corrected chi connectivity index (χ1v) is 11.0. The Kier molecular flexibility index (Phi) is 5.32. The number of fused-ring (bicyclic) bond motifs is 1. The van der Waals surface area contributed by atoms with Gasteiger partial charge in [-0.15, -0.1) is 0 Å². The van der Waals surface area contributed by atoms with E-state index >= 15 is 0 Å². The number of anilines is 1. The minimum absolute atomic E-state index is 0.177. The molecule has 4 rings (SSSR count). The molecular weight excluding hydrogens is 380 g/mol. The molecule has 1 aromatic heterocycles. The van der Waals surface area contributed by atoms with Crippen molar-refractivity contribution in [3.8, 4) is 5.75 Å². The van der Waals surface area contributed by atoms with Crippen LogP contribution in [0.15, 0.2) is 18.3 Å². The summed E-state index contributed by atoms with van der Waals surface area (Å²) in [7, 11) is 1.63. The van der Waals surface area contributed by atoms with Crippen LogP contribution in [0.5, 0.6) is 5.75 Å². The molecule has 164 valence electrons. The number of aromatic nitrogens is 2. The van der Waals surface area contributed by atoms with Gasteiger partial charge in [-0.25, -0.2) is 4.79 Å². The molecule has 1 amide bonds. The van der Waals surface area contributed by atoms with E-state index in [9.17, 15) is 4.79 Å². The average Bonchev–Trinajstić information content (AvgIpc) is 3.09. The normalized spacial score (nSPS) is 19.9. The number of hydrogen-bond donors (Lipinski definition) is 1. The molecule has 1 saturated carbocycles. The third-order valence-electron chi connectivity index (χ3n) is 6.74. The first kappa shape index (κ1) is 20.8. The molecule has 2 fully saturated rings. The molecule has 1 aromatic carbocycles. The molecule has 2 aromatic rings. The molecule has 0 radical (unpaired) electrons. The molecule has 1 saturated heterocycles. The highest BCUT2D eigenvalue weighted by Gasteiger charge is 2.40. The Labute approximate surface area is 178 Å². The van der Waals surface area contributed by atoms with E-state index in [0.717, 1.165) is 49.7 Å². The molecule has 1 aliphatic heterocycles. The summed E-state index contributed by atoms with van der Waals surface area (Å²) in [5, 5.41) is 5.86. The van der Waals surface area contributed by atoms with Gasteiger partial charge in [-0.3, -0.25) is 4.68 Å². The van der Waals surface area contributed by atoms with Crippen LogP contribution in [0.2, 0.25) is 0 Å². The molecule has 2 heterocycles. The Balaban J connectivity index is 1.36. The van der Waals surface area contributed by atoms with Crippen LogP contribution in [0.25, 0.3) is 10.9 Å². The molecule has 30 heavy (non-hydrogen) atoms. The SMILES string of the molecule is COc1cc2nn(C3CCC4(CC3)CCN(C(=O)OC(C)(C)C)CC4)cc2cc1N. The van der Waals surface area contributed by atoms with Crippen LogP contribution >= 0.6 is 0 Å². The number of rotatable bonds is 2. The Bertz CT molecular complexity index is 912. The van der Waals surface area contributed by atoms with Gasteiger partial charge in [-0.2, -0.15) is 5.10 Å². The maximum absolute atomic E-state index is 12.4. The Hall–Kier alpha value is -2.44. The Morgan fingerprint density at radius 2 is 1.83 bits per heavy atom. The van der Waals surface area contributed by atoms with Gasteiger partial charge in [0.2, 0.25) is 0 Å². The van der Waals surface area contributed by atoms with Crippen molar-refractivity contribution in [1.29, 1.82) is 0 Å². The zero-order valence-corrected chi connectivity index (χ0v) is 18.6. The lowest BCUT2D eigenvalue weighted by Gasteiger charge is -2.45. The number of benzene rings is 1. The van der Waals surface area contributed by atoms with Crippen LogP contribution in [-0.2, 0) is 4.74 Å². The first-order chi connectivity index (χ1) is 14.2. The molecule has 7 heteroatoms. The van der Waals surface area contributed by atoms with Gasteiger partial charge in [-0.1, -0.05) is 0 Å². The van der Waals surface area contributed by atoms with E-state index in [1.54, 1.807) is 7.11 Å². The second-order valence-electron chi connectivity index (χ2n) is 9.96. The number of carbonyl (C=O) groups is 1. The van der Waals surface area contributed by atoms with Crippen molar-refractivity contribution in [3.63, 3.8) is 0 Å². The van der Waals surface area contributed by atoms with E-state index in [-0.39, 0.29) is 6.09 Å². The smallest absolute Gasteiger partial charge is 0.410 e. The Morgan fingerprint density at radius 1 is 1.17 bits per heavy atom. The lowest BCUT2D eigenvalue weighted by molar-refractivity contribution is 0.00157. The molecule has 0 atom stereocenters. The van der Waals surface area contributed by atoms with Crippen LogP contribution in [0.4, 0.5) is 10.5 Å². The predicted octanol–water partition coefficient (Wildman–Crippen LogP) is 4.76. The predicted molar refractivity (Wildman–Crippen MR) is 118 cm³/mol. The van der Waals surface area contributed by atoms with Gasteiger partial charge in [0.25, 0.3) is 0 Å². The molecule has 2 N–H and O–H groups in total. The minimum Gasteiger partial charge on any atom is -0.495 e. The highest BCUT2D eigenvalue weighted by molar-refractivity contribution is 5.84. The number of nitrogens with two attached hydrogens (primary N) is 1.